The third-order valence-electron chi connectivity index (χ3n) is 4.16. The molecule has 0 atom stereocenters. The van der Waals surface area contributed by atoms with Gasteiger partial charge in [0.15, 0.2) is 11.5 Å². The van der Waals surface area contributed by atoms with E-state index in [0.717, 1.165) is 27.5 Å². The van der Waals surface area contributed by atoms with E-state index in [1.165, 1.54) is 7.11 Å². The summed E-state index contributed by atoms with van der Waals surface area (Å²) in [5.41, 5.74) is 3.11. The highest BCUT2D eigenvalue weighted by atomic mass is 16.5. The van der Waals surface area contributed by atoms with Crippen LogP contribution < -0.4 is 4.74 Å². The maximum absolute atomic E-state index is 12.2. The smallest absolute Gasteiger partial charge is 0.339 e. The van der Waals surface area contributed by atoms with E-state index in [1.807, 2.05) is 30.3 Å². The van der Waals surface area contributed by atoms with Gasteiger partial charge in [0.2, 0.25) is 0 Å². The number of benzene rings is 3. The normalized spacial score (nSPS) is 13.0. The van der Waals surface area contributed by atoms with E-state index < -0.39 is 0 Å². The molecule has 1 N–H and O–H groups in total. The lowest BCUT2D eigenvalue weighted by Crippen LogP contribution is -1.99. The van der Waals surface area contributed by atoms with Gasteiger partial charge in [-0.25, -0.2) is 4.79 Å². The third-order valence-corrected chi connectivity index (χ3v) is 4.16. The van der Waals surface area contributed by atoms with Crippen LogP contribution in [-0.4, -0.2) is 18.2 Å². The Morgan fingerprint density at radius 3 is 2.74 bits per heavy atom. The summed E-state index contributed by atoms with van der Waals surface area (Å²) in [5, 5.41) is 11.8. The van der Waals surface area contributed by atoms with Crippen molar-refractivity contribution in [3.8, 4) is 22.6 Å². The van der Waals surface area contributed by atoms with Crippen LogP contribution in [0.3, 0.4) is 0 Å². The van der Waals surface area contributed by atoms with Crippen LogP contribution >= 0.6 is 0 Å². The van der Waals surface area contributed by atoms with Crippen molar-refractivity contribution < 1.29 is 19.4 Å². The second-order valence-corrected chi connectivity index (χ2v) is 5.47. The number of carbonyl (C=O) groups excluding carboxylic acids is 1. The molecule has 4 nitrogen and oxygen atoms in total. The Kier molecular flexibility index (Phi) is 2.98. The largest absolute Gasteiger partial charge is 0.504 e. The van der Waals surface area contributed by atoms with Crippen molar-refractivity contribution in [1.29, 1.82) is 0 Å². The Morgan fingerprint density at radius 1 is 1.09 bits per heavy atom. The van der Waals surface area contributed by atoms with E-state index >= 15 is 0 Å². The highest BCUT2D eigenvalue weighted by molar-refractivity contribution is 6.10. The van der Waals surface area contributed by atoms with Crippen molar-refractivity contribution in [1.82, 2.24) is 0 Å². The number of hydrogen-bond acceptors (Lipinski definition) is 4. The fraction of sp³-hybridized carbons (Fsp3) is 0.105. The number of aromatic hydroxyl groups is 1. The van der Waals surface area contributed by atoms with Crippen molar-refractivity contribution in [2.24, 2.45) is 0 Å². The van der Waals surface area contributed by atoms with Gasteiger partial charge in [0, 0.05) is 11.1 Å². The number of cyclic esters (lactones) is 1. The molecule has 0 radical (unpaired) electrons. The standard InChI is InChI=1S/C19H14O4/c1-22-16-9-12(6-7-15(16)20)17-14-5-3-2-4-11(14)8-13-10-23-19(21)18(13)17/h2-9,20H,10H2,1H3. The summed E-state index contributed by atoms with van der Waals surface area (Å²) in [6.45, 7) is 0.293. The van der Waals surface area contributed by atoms with E-state index in [2.05, 4.69) is 0 Å². The van der Waals surface area contributed by atoms with Gasteiger partial charge in [-0.15, -0.1) is 0 Å². The monoisotopic (exact) mass is 306 g/mol. The molecule has 23 heavy (non-hydrogen) atoms. The summed E-state index contributed by atoms with van der Waals surface area (Å²) in [7, 11) is 1.50. The van der Waals surface area contributed by atoms with Crippen molar-refractivity contribution in [2.45, 2.75) is 6.61 Å². The first-order chi connectivity index (χ1) is 11.2. The molecule has 0 bridgehead atoms. The zero-order chi connectivity index (χ0) is 16.0. The first kappa shape index (κ1) is 13.6. The molecule has 1 aliphatic heterocycles. The fourth-order valence-electron chi connectivity index (χ4n) is 3.10. The van der Waals surface area contributed by atoms with Crippen LogP contribution in [0, 0.1) is 0 Å². The minimum atomic E-state index is -0.312. The third kappa shape index (κ3) is 2.03. The molecule has 1 aliphatic rings. The summed E-state index contributed by atoms with van der Waals surface area (Å²) in [4.78, 5) is 12.2. The van der Waals surface area contributed by atoms with Gasteiger partial charge in [-0.1, -0.05) is 30.3 Å². The first-order valence-corrected chi connectivity index (χ1v) is 7.28. The molecule has 0 aliphatic carbocycles. The molecule has 4 heteroatoms. The summed E-state index contributed by atoms with van der Waals surface area (Å²) in [6.07, 6.45) is 0. The molecule has 3 aromatic carbocycles. The minimum absolute atomic E-state index is 0.0655. The summed E-state index contributed by atoms with van der Waals surface area (Å²) < 4.78 is 10.4. The van der Waals surface area contributed by atoms with Crippen molar-refractivity contribution in [3.05, 3.63) is 59.7 Å². The number of rotatable bonds is 2. The van der Waals surface area contributed by atoms with Gasteiger partial charge in [0.1, 0.15) is 6.61 Å². The van der Waals surface area contributed by atoms with Crippen LogP contribution in [0.1, 0.15) is 15.9 Å². The van der Waals surface area contributed by atoms with Crippen LogP contribution in [0.5, 0.6) is 11.5 Å². The van der Waals surface area contributed by atoms with E-state index in [-0.39, 0.29) is 11.7 Å². The van der Waals surface area contributed by atoms with Gasteiger partial charge in [0.05, 0.1) is 12.7 Å². The highest BCUT2D eigenvalue weighted by Crippen LogP contribution is 2.40. The molecule has 3 aromatic rings. The fourth-order valence-corrected chi connectivity index (χ4v) is 3.10. The molecule has 114 valence electrons. The Labute approximate surface area is 132 Å². The second kappa shape index (κ2) is 5.02. The van der Waals surface area contributed by atoms with E-state index in [1.54, 1.807) is 18.2 Å². The average Bonchev–Trinajstić information content (AvgIpc) is 2.94. The summed E-state index contributed by atoms with van der Waals surface area (Å²) in [5.74, 6) is 0.124. The Morgan fingerprint density at radius 2 is 1.91 bits per heavy atom. The zero-order valence-corrected chi connectivity index (χ0v) is 12.5. The molecule has 0 unspecified atom stereocenters. The molecule has 0 saturated heterocycles. The van der Waals surface area contributed by atoms with Crippen molar-refractivity contribution in [2.75, 3.05) is 7.11 Å². The number of fused-ring (bicyclic) bond motifs is 2. The number of ether oxygens (including phenoxy) is 2. The average molecular weight is 306 g/mol. The van der Waals surface area contributed by atoms with Crippen LogP contribution in [0.15, 0.2) is 48.5 Å². The zero-order valence-electron chi connectivity index (χ0n) is 12.5. The Hall–Kier alpha value is -3.01. The molecule has 0 amide bonds. The van der Waals surface area contributed by atoms with E-state index in [0.29, 0.717) is 17.9 Å². The lowest BCUT2D eigenvalue weighted by molar-refractivity contribution is 0.0535. The topological polar surface area (TPSA) is 55.8 Å². The molecule has 0 fully saturated rings. The van der Waals surface area contributed by atoms with Crippen LogP contribution in [-0.2, 0) is 11.3 Å². The maximum Gasteiger partial charge on any atom is 0.339 e. The second-order valence-electron chi connectivity index (χ2n) is 5.47. The predicted molar refractivity (Wildman–Crippen MR) is 86.7 cm³/mol. The number of phenolic OH excluding ortho intramolecular Hbond substituents is 1. The summed E-state index contributed by atoms with van der Waals surface area (Å²) in [6, 6.07) is 15.0. The van der Waals surface area contributed by atoms with Gasteiger partial charge in [0.25, 0.3) is 0 Å². The minimum Gasteiger partial charge on any atom is -0.504 e. The molecule has 4 rings (SSSR count). The van der Waals surface area contributed by atoms with E-state index in [9.17, 15) is 9.90 Å². The molecule has 1 heterocycles. The lowest BCUT2D eigenvalue weighted by Gasteiger charge is -2.13. The van der Waals surface area contributed by atoms with Gasteiger partial charge in [-0.3, -0.25) is 0 Å². The summed E-state index contributed by atoms with van der Waals surface area (Å²) >= 11 is 0. The lowest BCUT2D eigenvalue weighted by atomic mass is 9.90. The molecule has 0 spiro atoms. The number of esters is 1. The van der Waals surface area contributed by atoms with Gasteiger partial charge in [-0.2, -0.15) is 0 Å². The van der Waals surface area contributed by atoms with Crippen LogP contribution in [0.2, 0.25) is 0 Å². The van der Waals surface area contributed by atoms with Crippen LogP contribution in [0.25, 0.3) is 21.9 Å². The van der Waals surface area contributed by atoms with Crippen LogP contribution in [0.4, 0.5) is 0 Å². The Bertz CT molecular complexity index is 943. The first-order valence-electron chi connectivity index (χ1n) is 7.28. The maximum atomic E-state index is 12.2. The van der Waals surface area contributed by atoms with Gasteiger partial charge >= 0.3 is 5.97 Å². The quantitative estimate of drug-likeness (QED) is 0.730. The predicted octanol–water partition coefficient (Wildman–Crippen LogP) is 3.89. The number of carbonyl (C=O) groups is 1. The molecular weight excluding hydrogens is 292 g/mol. The van der Waals surface area contributed by atoms with Crippen molar-refractivity contribution >= 4 is 16.7 Å². The van der Waals surface area contributed by atoms with Gasteiger partial charge in [-0.05, 0) is 34.5 Å². The van der Waals surface area contributed by atoms with E-state index in [4.69, 9.17) is 9.47 Å². The number of methoxy groups -OCH3 is 1. The highest BCUT2D eigenvalue weighted by Gasteiger charge is 2.27. The molecule has 0 saturated carbocycles. The van der Waals surface area contributed by atoms with Gasteiger partial charge < -0.3 is 14.6 Å². The number of phenols is 1. The molecule has 0 aromatic heterocycles. The SMILES string of the molecule is COc1cc(-c2c3c(cc4ccccc24)COC3=O)ccc1O. The number of hydrogen-bond donors (Lipinski definition) is 1. The Balaban J connectivity index is 2.10. The molecular formula is C19H14O4. The van der Waals surface area contributed by atoms with Crippen molar-refractivity contribution in [3.63, 3.8) is 0 Å².